The number of aryl methyl sites for hydroxylation is 1. The van der Waals surface area contributed by atoms with Crippen LogP contribution in [0.3, 0.4) is 0 Å². The molecule has 2 aromatic rings. The van der Waals surface area contributed by atoms with Gasteiger partial charge in [-0.1, -0.05) is 12.1 Å². The van der Waals surface area contributed by atoms with Gasteiger partial charge in [0.05, 0.1) is 18.9 Å². The van der Waals surface area contributed by atoms with E-state index >= 15 is 0 Å². The maximum atomic E-state index is 9.53. The fourth-order valence-electron chi connectivity index (χ4n) is 3.08. The van der Waals surface area contributed by atoms with Gasteiger partial charge in [-0.2, -0.15) is 4.98 Å². The number of hydrogen-bond acceptors (Lipinski definition) is 6. The molecule has 1 saturated carbocycles. The van der Waals surface area contributed by atoms with Crippen LogP contribution in [0, 0.1) is 0 Å². The maximum absolute atomic E-state index is 9.53. The van der Waals surface area contributed by atoms with Crippen molar-refractivity contribution in [2.24, 2.45) is 0 Å². The summed E-state index contributed by atoms with van der Waals surface area (Å²) in [5.74, 6) is 2.71. The van der Waals surface area contributed by atoms with Crippen molar-refractivity contribution in [1.82, 2.24) is 15.5 Å². The van der Waals surface area contributed by atoms with Crippen molar-refractivity contribution < 1.29 is 14.0 Å². The van der Waals surface area contributed by atoms with Crippen molar-refractivity contribution in [2.45, 2.75) is 57.0 Å². The highest BCUT2D eigenvalue weighted by Crippen LogP contribution is 2.32. The topological polar surface area (TPSA) is 84.3 Å². The molecular weight excluding hydrogens is 282 g/mol. The molecule has 1 atom stereocenters. The standard InChI is InChI=1S/C16H23N3O3/c1-2-15-18-16(22-19-15)11-5-7-12(8-6-11)17-13(10-20)14-4-3-9-21-14/h3-4,9,11-13,17,20H,2,5-8,10H2,1H3. The number of aliphatic hydroxyl groups is 1. The van der Waals surface area contributed by atoms with Gasteiger partial charge in [0, 0.05) is 18.4 Å². The molecule has 0 amide bonds. The summed E-state index contributed by atoms with van der Waals surface area (Å²) in [6.45, 7) is 2.07. The molecule has 3 rings (SSSR count). The highest BCUT2D eigenvalue weighted by molar-refractivity contribution is 5.05. The molecule has 0 saturated heterocycles. The van der Waals surface area contributed by atoms with Gasteiger partial charge in [0.25, 0.3) is 0 Å². The zero-order chi connectivity index (χ0) is 15.4. The SMILES string of the molecule is CCc1noc(C2CCC(NC(CO)c3ccco3)CC2)n1. The number of furan rings is 1. The average molecular weight is 305 g/mol. The molecule has 1 aliphatic carbocycles. The number of nitrogens with zero attached hydrogens (tertiary/aromatic N) is 2. The van der Waals surface area contributed by atoms with Crippen molar-refractivity contribution >= 4 is 0 Å². The Hall–Kier alpha value is -1.66. The smallest absolute Gasteiger partial charge is 0.229 e. The quantitative estimate of drug-likeness (QED) is 0.853. The molecule has 22 heavy (non-hydrogen) atoms. The van der Waals surface area contributed by atoms with Crippen LogP contribution in [0.2, 0.25) is 0 Å². The van der Waals surface area contributed by atoms with Gasteiger partial charge in [0.15, 0.2) is 5.82 Å². The van der Waals surface area contributed by atoms with Crippen LogP contribution >= 0.6 is 0 Å². The third kappa shape index (κ3) is 3.39. The lowest BCUT2D eigenvalue weighted by atomic mass is 9.85. The maximum Gasteiger partial charge on any atom is 0.229 e. The van der Waals surface area contributed by atoms with E-state index in [4.69, 9.17) is 8.94 Å². The summed E-state index contributed by atoms with van der Waals surface area (Å²) in [6, 6.07) is 3.99. The van der Waals surface area contributed by atoms with Crippen molar-refractivity contribution in [3.05, 3.63) is 35.9 Å². The molecule has 1 unspecified atom stereocenters. The van der Waals surface area contributed by atoms with E-state index in [1.54, 1.807) is 6.26 Å². The van der Waals surface area contributed by atoms with Gasteiger partial charge in [-0.3, -0.25) is 0 Å². The molecule has 6 heteroatoms. The van der Waals surface area contributed by atoms with E-state index in [1.165, 1.54) is 0 Å². The Morgan fingerprint density at radius 3 is 2.77 bits per heavy atom. The lowest BCUT2D eigenvalue weighted by Crippen LogP contribution is -2.37. The normalized spacial score (nSPS) is 23.5. The van der Waals surface area contributed by atoms with E-state index < -0.39 is 0 Å². The number of aliphatic hydroxyl groups excluding tert-OH is 1. The van der Waals surface area contributed by atoms with E-state index in [0.717, 1.165) is 49.6 Å². The first-order chi connectivity index (χ1) is 10.8. The van der Waals surface area contributed by atoms with E-state index in [9.17, 15) is 5.11 Å². The first kappa shape index (κ1) is 15.2. The minimum absolute atomic E-state index is 0.0387. The minimum Gasteiger partial charge on any atom is -0.468 e. The molecule has 0 bridgehead atoms. The van der Waals surface area contributed by atoms with Crippen LogP contribution in [0.25, 0.3) is 0 Å². The molecule has 0 spiro atoms. The van der Waals surface area contributed by atoms with Gasteiger partial charge in [0.2, 0.25) is 5.89 Å². The van der Waals surface area contributed by atoms with Crippen LogP contribution in [-0.4, -0.2) is 27.9 Å². The number of aromatic nitrogens is 2. The van der Waals surface area contributed by atoms with Crippen molar-refractivity contribution in [2.75, 3.05) is 6.61 Å². The first-order valence-electron chi connectivity index (χ1n) is 8.03. The van der Waals surface area contributed by atoms with E-state index in [0.29, 0.717) is 12.0 Å². The second-order valence-electron chi connectivity index (χ2n) is 5.87. The average Bonchev–Trinajstić information content (AvgIpc) is 3.24. The van der Waals surface area contributed by atoms with Crippen molar-refractivity contribution in [3.8, 4) is 0 Å². The Labute approximate surface area is 129 Å². The lowest BCUT2D eigenvalue weighted by Gasteiger charge is -2.29. The highest BCUT2D eigenvalue weighted by Gasteiger charge is 2.28. The van der Waals surface area contributed by atoms with Crippen LogP contribution in [0.5, 0.6) is 0 Å². The molecule has 0 radical (unpaired) electrons. The summed E-state index contributed by atoms with van der Waals surface area (Å²) < 4.78 is 10.7. The van der Waals surface area contributed by atoms with Gasteiger partial charge >= 0.3 is 0 Å². The summed E-state index contributed by atoms with van der Waals surface area (Å²) in [6.07, 6.45) is 6.56. The molecule has 6 nitrogen and oxygen atoms in total. The van der Waals surface area contributed by atoms with Crippen LogP contribution in [-0.2, 0) is 6.42 Å². The van der Waals surface area contributed by atoms with Gasteiger partial charge < -0.3 is 19.4 Å². The van der Waals surface area contributed by atoms with Crippen molar-refractivity contribution in [3.63, 3.8) is 0 Å². The van der Waals surface area contributed by atoms with E-state index in [-0.39, 0.29) is 12.6 Å². The largest absolute Gasteiger partial charge is 0.468 e. The number of hydrogen-bond donors (Lipinski definition) is 2. The Bertz CT molecular complexity index is 559. The summed E-state index contributed by atoms with van der Waals surface area (Å²) >= 11 is 0. The molecule has 120 valence electrons. The second kappa shape index (κ2) is 7.07. The van der Waals surface area contributed by atoms with Crippen LogP contribution in [0.15, 0.2) is 27.3 Å². The van der Waals surface area contributed by atoms with Gasteiger partial charge in [-0.25, -0.2) is 0 Å². The third-order valence-electron chi connectivity index (χ3n) is 4.38. The molecule has 2 N–H and O–H groups in total. The first-order valence-corrected chi connectivity index (χ1v) is 8.03. The molecule has 1 fully saturated rings. The predicted molar refractivity (Wildman–Crippen MR) is 80.3 cm³/mol. The Balaban J connectivity index is 1.53. The third-order valence-corrected chi connectivity index (χ3v) is 4.38. The molecule has 0 aliphatic heterocycles. The Morgan fingerprint density at radius 2 is 2.18 bits per heavy atom. The zero-order valence-corrected chi connectivity index (χ0v) is 12.9. The van der Waals surface area contributed by atoms with Crippen molar-refractivity contribution in [1.29, 1.82) is 0 Å². The Morgan fingerprint density at radius 1 is 1.36 bits per heavy atom. The summed E-state index contributed by atoms with van der Waals surface area (Å²) in [7, 11) is 0. The number of nitrogens with one attached hydrogen (secondary N) is 1. The summed E-state index contributed by atoms with van der Waals surface area (Å²) in [5.41, 5.74) is 0. The monoisotopic (exact) mass is 305 g/mol. The highest BCUT2D eigenvalue weighted by atomic mass is 16.5. The molecule has 0 aromatic carbocycles. The summed E-state index contributed by atoms with van der Waals surface area (Å²) in [5, 5.41) is 17.0. The molecule has 2 aromatic heterocycles. The molecule has 2 heterocycles. The lowest BCUT2D eigenvalue weighted by molar-refractivity contribution is 0.196. The van der Waals surface area contributed by atoms with Gasteiger partial charge in [0.1, 0.15) is 5.76 Å². The van der Waals surface area contributed by atoms with E-state index in [1.807, 2.05) is 19.1 Å². The minimum atomic E-state index is -0.133. The Kier molecular flexibility index (Phi) is 4.90. The molecular formula is C16H23N3O3. The zero-order valence-electron chi connectivity index (χ0n) is 12.9. The van der Waals surface area contributed by atoms with Crippen LogP contribution in [0.1, 0.15) is 62.0 Å². The van der Waals surface area contributed by atoms with Gasteiger partial charge in [-0.15, -0.1) is 0 Å². The summed E-state index contributed by atoms with van der Waals surface area (Å²) in [4.78, 5) is 4.44. The second-order valence-corrected chi connectivity index (χ2v) is 5.87. The molecule has 1 aliphatic rings. The van der Waals surface area contributed by atoms with E-state index in [2.05, 4.69) is 15.5 Å². The fourth-order valence-corrected chi connectivity index (χ4v) is 3.08. The van der Waals surface area contributed by atoms with Crippen LogP contribution in [0.4, 0.5) is 0 Å². The fraction of sp³-hybridized carbons (Fsp3) is 0.625. The predicted octanol–water partition coefficient (Wildman–Crippen LogP) is 2.57. The van der Waals surface area contributed by atoms with Gasteiger partial charge in [-0.05, 0) is 37.8 Å². The van der Waals surface area contributed by atoms with Crippen LogP contribution < -0.4 is 5.32 Å². The number of rotatable bonds is 6.